The van der Waals surface area contributed by atoms with Gasteiger partial charge in [0.05, 0.1) is 24.3 Å². The Balaban J connectivity index is 0.000000620. The quantitative estimate of drug-likeness (QED) is 0.493. The predicted molar refractivity (Wildman–Crippen MR) is 111 cm³/mol. The molecule has 1 aliphatic carbocycles. The van der Waals surface area contributed by atoms with E-state index in [2.05, 4.69) is 27.2 Å². The first-order valence-electron chi connectivity index (χ1n) is 8.63. The van der Waals surface area contributed by atoms with Gasteiger partial charge in [0.25, 0.3) is 0 Å². The van der Waals surface area contributed by atoms with E-state index in [1.165, 1.54) is 42.5 Å². The molecule has 5 N–H and O–H groups in total. The molecule has 0 atom stereocenters. The Bertz CT molecular complexity index is 839. The maximum atomic E-state index is 10.7. The Kier molecular flexibility index (Phi) is 7.39. The first kappa shape index (κ1) is 21.2. The first-order chi connectivity index (χ1) is 13.4. The maximum Gasteiger partial charge on any atom is 0.215 e. The van der Waals surface area contributed by atoms with Crippen molar-refractivity contribution in [2.24, 2.45) is 11.7 Å². The van der Waals surface area contributed by atoms with Gasteiger partial charge in [0.2, 0.25) is 6.41 Å². The van der Waals surface area contributed by atoms with Crippen molar-refractivity contribution >= 4 is 41.1 Å². The van der Waals surface area contributed by atoms with Crippen LogP contribution in [0.25, 0.3) is 5.76 Å². The van der Waals surface area contributed by atoms with E-state index >= 15 is 0 Å². The smallest absolute Gasteiger partial charge is 0.215 e. The van der Waals surface area contributed by atoms with Crippen molar-refractivity contribution in [2.75, 3.05) is 30.0 Å². The summed E-state index contributed by atoms with van der Waals surface area (Å²) in [6.45, 7) is 2.28. The molecule has 1 saturated carbocycles. The van der Waals surface area contributed by atoms with Crippen LogP contribution in [0.2, 0.25) is 5.02 Å². The molecule has 1 amide bonds. The Morgan fingerprint density at radius 2 is 2.00 bits per heavy atom. The van der Waals surface area contributed by atoms with E-state index in [1.54, 1.807) is 14.1 Å². The van der Waals surface area contributed by atoms with Gasteiger partial charge in [0.1, 0.15) is 16.5 Å². The van der Waals surface area contributed by atoms with Crippen molar-refractivity contribution in [2.45, 2.75) is 19.8 Å². The van der Waals surface area contributed by atoms with E-state index in [1.807, 2.05) is 0 Å². The van der Waals surface area contributed by atoms with Gasteiger partial charge in [0.15, 0.2) is 17.3 Å². The number of pyridine rings is 1. The zero-order valence-electron chi connectivity index (χ0n) is 16.0. The zero-order valence-corrected chi connectivity index (χ0v) is 16.8. The topological polar surface area (TPSA) is 132 Å². The van der Waals surface area contributed by atoms with Crippen molar-refractivity contribution in [3.8, 4) is 5.75 Å². The van der Waals surface area contributed by atoms with Gasteiger partial charge >= 0.3 is 0 Å². The lowest BCUT2D eigenvalue weighted by Gasteiger charge is -2.14. The highest BCUT2D eigenvalue weighted by Crippen LogP contribution is 2.36. The second-order valence-corrected chi connectivity index (χ2v) is 6.62. The van der Waals surface area contributed by atoms with Crippen molar-refractivity contribution in [1.29, 1.82) is 0 Å². The van der Waals surface area contributed by atoms with Crippen LogP contribution in [0.5, 0.6) is 5.75 Å². The molecule has 0 saturated heterocycles. The summed E-state index contributed by atoms with van der Waals surface area (Å²) >= 11 is 6.23. The number of nitrogen functional groups attached to an aromatic ring is 1. The van der Waals surface area contributed by atoms with Gasteiger partial charge in [-0.3, -0.25) is 4.79 Å². The number of hydrogen-bond donors (Lipinski definition) is 3. The summed E-state index contributed by atoms with van der Waals surface area (Å²) in [7, 11) is 3.22. The SMILES string of the molecule is CC1CC1.CNc1c(N)ncc(O/C(=C/N)c2cnc(N(C)C=O)cn2)c1Cl. The van der Waals surface area contributed by atoms with Gasteiger partial charge in [-0.2, -0.15) is 0 Å². The fourth-order valence-corrected chi connectivity index (χ4v) is 2.21. The van der Waals surface area contributed by atoms with Crippen molar-refractivity contribution in [3.63, 3.8) is 0 Å². The number of aromatic nitrogens is 3. The second kappa shape index (κ2) is 9.75. The number of anilines is 3. The van der Waals surface area contributed by atoms with Gasteiger partial charge < -0.3 is 26.4 Å². The predicted octanol–water partition coefficient (Wildman–Crippen LogP) is 2.49. The van der Waals surface area contributed by atoms with Gasteiger partial charge in [-0.1, -0.05) is 31.4 Å². The molecule has 2 aromatic heterocycles. The number of nitrogens with one attached hydrogen (secondary N) is 1. The molecule has 0 aliphatic heterocycles. The fraction of sp³-hybridized carbons (Fsp3) is 0.333. The van der Waals surface area contributed by atoms with Crippen LogP contribution >= 0.6 is 11.6 Å². The minimum atomic E-state index is 0.221. The number of amides is 1. The molecular weight excluding hydrogens is 382 g/mol. The minimum Gasteiger partial charge on any atom is -0.450 e. The fourth-order valence-electron chi connectivity index (χ4n) is 1.94. The highest BCUT2D eigenvalue weighted by atomic mass is 35.5. The van der Waals surface area contributed by atoms with E-state index in [4.69, 9.17) is 27.8 Å². The minimum absolute atomic E-state index is 0.221. The molecule has 0 unspecified atom stereocenters. The van der Waals surface area contributed by atoms with E-state index in [-0.39, 0.29) is 22.3 Å². The third-order valence-electron chi connectivity index (χ3n) is 3.91. The molecule has 2 heterocycles. The average Bonchev–Trinajstić information content (AvgIpc) is 3.50. The number of nitrogens with zero attached hydrogens (tertiary/aromatic N) is 4. The summed E-state index contributed by atoms with van der Waals surface area (Å²) in [5.74, 6) is 2.19. The molecular formula is C18H24ClN7O2. The van der Waals surface area contributed by atoms with E-state index in [9.17, 15) is 4.79 Å². The summed E-state index contributed by atoms with van der Waals surface area (Å²) < 4.78 is 5.67. The number of carbonyl (C=O) groups excluding carboxylic acids is 1. The number of carbonyl (C=O) groups is 1. The molecule has 9 nitrogen and oxygen atoms in total. The molecule has 0 bridgehead atoms. The van der Waals surface area contributed by atoms with E-state index in [0.29, 0.717) is 23.6 Å². The van der Waals surface area contributed by atoms with Crippen LogP contribution in [-0.4, -0.2) is 35.5 Å². The molecule has 3 rings (SSSR count). The first-order valence-corrected chi connectivity index (χ1v) is 9.01. The Morgan fingerprint density at radius 3 is 2.46 bits per heavy atom. The summed E-state index contributed by atoms with van der Waals surface area (Å²) in [5, 5.41) is 3.10. The van der Waals surface area contributed by atoms with Gasteiger partial charge in [0, 0.05) is 20.3 Å². The van der Waals surface area contributed by atoms with Crippen LogP contribution in [0, 0.1) is 5.92 Å². The highest BCUT2D eigenvalue weighted by molar-refractivity contribution is 6.35. The van der Waals surface area contributed by atoms with Gasteiger partial charge in [-0.05, 0) is 5.92 Å². The van der Waals surface area contributed by atoms with Crippen LogP contribution < -0.4 is 26.4 Å². The van der Waals surface area contributed by atoms with Crippen molar-refractivity contribution in [1.82, 2.24) is 15.0 Å². The largest absolute Gasteiger partial charge is 0.450 e. The molecule has 0 aromatic carbocycles. The summed E-state index contributed by atoms with van der Waals surface area (Å²) in [4.78, 5) is 24.3. The third kappa shape index (κ3) is 5.46. The summed E-state index contributed by atoms with van der Waals surface area (Å²) in [6.07, 6.45) is 9.03. The van der Waals surface area contributed by atoms with Crippen LogP contribution in [0.4, 0.5) is 17.3 Å². The van der Waals surface area contributed by atoms with E-state index < -0.39 is 0 Å². The molecule has 150 valence electrons. The lowest BCUT2D eigenvalue weighted by Crippen LogP contribution is -2.15. The molecule has 2 aromatic rings. The van der Waals surface area contributed by atoms with Crippen LogP contribution in [-0.2, 0) is 4.79 Å². The molecule has 10 heteroatoms. The number of ether oxygens (including phenoxy) is 1. The van der Waals surface area contributed by atoms with Gasteiger partial charge in [-0.15, -0.1) is 0 Å². The Morgan fingerprint density at radius 1 is 1.32 bits per heavy atom. The number of nitrogens with two attached hydrogens (primary N) is 2. The van der Waals surface area contributed by atoms with Crippen LogP contribution in [0.3, 0.4) is 0 Å². The van der Waals surface area contributed by atoms with Crippen molar-refractivity contribution in [3.05, 3.63) is 35.5 Å². The lowest BCUT2D eigenvalue weighted by molar-refractivity contribution is -0.107. The Hall–Kier alpha value is -3.07. The maximum absolute atomic E-state index is 10.7. The number of hydrogen-bond acceptors (Lipinski definition) is 8. The lowest BCUT2D eigenvalue weighted by atomic mass is 10.3. The number of rotatable bonds is 6. The van der Waals surface area contributed by atoms with Crippen molar-refractivity contribution < 1.29 is 9.53 Å². The van der Waals surface area contributed by atoms with Gasteiger partial charge in [-0.25, -0.2) is 15.0 Å². The number of halogens is 1. The second-order valence-electron chi connectivity index (χ2n) is 6.24. The zero-order chi connectivity index (χ0) is 20.7. The normalized spacial score (nSPS) is 13.2. The molecule has 0 spiro atoms. The monoisotopic (exact) mass is 405 g/mol. The standard InChI is InChI=1S/C14H16ClN7O2.C4H8/c1-18-13-12(15)10(5-21-14(13)17)24-9(3-16)8-4-20-11(6-19-8)22(2)7-23;1-4-2-3-4/h3-7,18H,16H2,1-2H3,(H2,17,21);4H,2-3H2,1H3/b9-3+;. The third-order valence-corrected chi connectivity index (χ3v) is 4.29. The molecule has 28 heavy (non-hydrogen) atoms. The summed E-state index contributed by atoms with van der Waals surface area (Å²) in [5.41, 5.74) is 12.1. The van der Waals surface area contributed by atoms with Crippen LogP contribution in [0.1, 0.15) is 25.5 Å². The van der Waals surface area contributed by atoms with Crippen LogP contribution in [0.15, 0.2) is 24.8 Å². The Labute approximate surface area is 168 Å². The molecule has 1 aliphatic rings. The van der Waals surface area contributed by atoms with E-state index in [0.717, 1.165) is 5.92 Å². The molecule has 1 fully saturated rings. The molecule has 0 radical (unpaired) electrons. The highest BCUT2D eigenvalue weighted by Gasteiger charge is 2.15. The average molecular weight is 406 g/mol. The summed E-state index contributed by atoms with van der Waals surface area (Å²) in [6, 6.07) is 0.